The summed E-state index contributed by atoms with van der Waals surface area (Å²) in [6.07, 6.45) is 1.71. The van der Waals surface area contributed by atoms with Gasteiger partial charge in [-0.1, -0.05) is 54.3 Å². The molecule has 2 aromatic rings. The highest BCUT2D eigenvalue weighted by atomic mass is 32.2. The molecular weight excluding hydrogens is 396 g/mol. The number of likely N-dealkylation sites (N-methyl/N-ethyl adjacent to an activating group) is 1. The molecule has 3 rings (SSSR count). The van der Waals surface area contributed by atoms with E-state index in [4.69, 9.17) is 12.2 Å². The van der Waals surface area contributed by atoms with Gasteiger partial charge in [0, 0.05) is 25.2 Å². The van der Waals surface area contributed by atoms with Gasteiger partial charge in [0.25, 0.3) is 11.8 Å². The molecule has 142 valence electrons. The maximum atomic E-state index is 12.7. The number of carbonyl (C=O) groups is 3. The van der Waals surface area contributed by atoms with Gasteiger partial charge in [-0.25, -0.2) is 0 Å². The fraction of sp³-hybridized carbons (Fsp3) is 0.100. The summed E-state index contributed by atoms with van der Waals surface area (Å²) in [4.78, 5) is 39.3. The summed E-state index contributed by atoms with van der Waals surface area (Å²) >= 11 is 6.33. The molecule has 1 aliphatic heterocycles. The summed E-state index contributed by atoms with van der Waals surface area (Å²) in [6.45, 7) is 0. The number of benzene rings is 2. The van der Waals surface area contributed by atoms with Crippen LogP contribution >= 0.6 is 24.0 Å². The number of rotatable bonds is 4. The Balaban J connectivity index is 1.82. The Kier molecular flexibility index (Phi) is 5.62. The van der Waals surface area contributed by atoms with E-state index in [1.165, 1.54) is 34.7 Å². The highest BCUT2D eigenvalue weighted by molar-refractivity contribution is 8.26. The van der Waals surface area contributed by atoms with Crippen LogP contribution in [-0.2, 0) is 4.79 Å². The summed E-state index contributed by atoms with van der Waals surface area (Å²) in [6, 6.07) is 12.8. The Hall–Kier alpha value is -2.97. The van der Waals surface area contributed by atoms with Crippen LogP contribution in [0.25, 0.3) is 6.08 Å². The lowest BCUT2D eigenvalue weighted by atomic mass is 10.1. The molecule has 6 nitrogen and oxygen atoms in total. The number of thiocarbonyl (C=S) groups is 1. The third kappa shape index (κ3) is 3.83. The fourth-order valence-corrected chi connectivity index (χ4v) is 3.84. The molecule has 0 saturated carbocycles. The van der Waals surface area contributed by atoms with Crippen molar-refractivity contribution in [2.24, 2.45) is 0 Å². The molecular formula is C20H15N2O4S2-. The largest absolute Gasteiger partial charge is 0.545 e. The van der Waals surface area contributed by atoms with Crippen LogP contribution in [0.3, 0.4) is 0 Å². The van der Waals surface area contributed by atoms with Crippen LogP contribution in [-0.4, -0.2) is 41.1 Å². The highest BCUT2D eigenvalue weighted by Crippen LogP contribution is 2.31. The normalized spacial score (nSPS) is 15.2. The van der Waals surface area contributed by atoms with Crippen molar-refractivity contribution in [1.29, 1.82) is 0 Å². The number of carbonyl (C=O) groups excluding carboxylic acids is 3. The van der Waals surface area contributed by atoms with Gasteiger partial charge in [0.05, 0.1) is 16.6 Å². The molecule has 1 fully saturated rings. The molecule has 1 saturated heterocycles. The molecule has 8 heteroatoms. The number of para-hydroxylation sites is 1. The molecule has 28 heavy (non-hydrogen) atoms. The second-order valence-electron chi connectivity index (χ2n) is 6.03. The van der Waals surface area contributed by atoms with Gasteiger partial charge in [-0.05, 0) is 29.8 Å². The standard InChI is InChI=1S/C20H16N2O4S2/c1-21(15-6-4-3-5-14(15)19(25)26)17(23)13-9-7-12(8-10-13)11-16-18(24)22(2)20(27)28-16/h3-11H,1-2H3,(H,25,26)/p-1/b16-11+. The van der Waals surface area contributed by atoms with Crippen LogP contribution in [0.1, 0.15) is 26.3 Å². The Labute approximate surface area is 171 Å². The molecule has 0 atom stereocenters. The summed E-state index contributed by atoms with van der Waals surface area (Å²) in [5.74, 6) is -1.87. The SMILES string of the molecule is CN1C(=O)/C(=C\c2ccc(C(=O)N(C)c3ccccc3C(=O)[O-])cc2)SC1=S. The minimum atomic E-state index is -1.35. The van der Waals surface area contributed by atoms with Crippen LogP contribution in [0, 0.1) is 0 Å². The minimum Gasteiger partial charge on any atom is -0.545 e. The van der Waals surface area contributed by atoms with E-state index >= 15 is 0 Å². The molecule has 0 bridgehead atoms. The third-order valence-electron chi connectivity index (χ3n) is 4.23. The van der Waals surface area contributed by atoms with E-state index in [0.29, 0.717) is 14.8 Å². The van der Waals surface area contributed by atoms with Crippen LogP contribution in [0.15, 0.2) is 53.4 Å². The quantitative estimate of drug-likeness (QED) is 0.567. The topological polar surface area (TPSA) is 80.8 Å². The first-order chi connectivity index (χ1) is 13.3. The predicted molar refractivity (Wildman–Crippen MR) is 111 cm³/mol. The molecule has 0 aromatic heterocycles. The lowest BCUT2D eigenvalue weighted by Gasteiger charge is -2.21. The second-order valence-corrected chi connectivity index (χ2v) is 7.71. The zero-order valence-electron chi connectivity index (χ0n) is 15.0. The molecule has 0 spiro atoms. The van der Waals surface area contributed by atoms with Gasteiger partial charge < -0.3 is 14.8 Å². The van der Waals surface area contributed by atoms with Gasteiger partial charge >= 0.3 is 0 Å². The molecule has 2 amide bonds. The molecule has 0 radical (unpaired) electrons. The summed E-state index contributed by atoms with van der Waals surface area (Å²) < 4.78 is 0.497. The van der Waals surface area contributed by atoms with Crippen molar-refractivity contribution in [1.82, 2.24) is 4.90 Å². The number of hydrogen-bond donors (Lipinski definition) is 0. The first kappa shape index (κ1) is 19.8. The third-order valence-corrected chi connectivity index (χ3v) is 5.72. The Morgan fingerprint density at radius 3 is 2.36 bits per heavy atom. The van der Waals surface area contributed by atoms with Crippen molar-refractivity contribution >= 4 is 57.8 Å². The summed E-state index contributed by atoms with van der Waals surface area (Å²) in [7, 11) is 3.13. The number of nitrogens with zero attached hydrogens (tertiary/aromatic N) is 2. The van der Waals surface area contributed by atoms with Crippen LogP contribution in [0.5, 0.6) is 0 Å². The number of carboxylic acids is 1. The maximum Gasteiger partial charge on any atom is 0.265 e. The van der Waals surface area contributed by atoms with E-state index in [0.717, 1.165) is 5.56 Å². The van der Waals surface area contributed by atoms with Gasteiger partial charge in [-0.2, -0.15) is 0 Å². The van der Waals surface area contributed by atoms with Crippen molar-refractivity contribution in [2.75, 3.05) is 19.0 Å². The molecule has 0 aliphatic carbocycles. The lowest BCUT2D eigenvalue weighted by Crippen LogP contribution is -2.31. The minimum absolute atomic E-state index is 0.0587. The summed E-state index contributed by atoms with van der Waals surface area (Å²) in [5.41, 5.74) is 1.33. The van der Waals surface area contributed by atoms with E-state index in [2.05, 4.69) is 0 Å². The first-order valence-corrected chi connectivity index (χ1v) is 9.42. The average molecular weight is 411 g/mol. The number of amides is 2. The number of carboxylic acid groups (broad SMARTS) is 1. The number of thioether (sulfide) groups is 1. The molecule has 0 unspecified atom stereocenters. The monoisotopic (exact) mass is 411 g/mol. The van der Waals surface area contributed by atoms with Gasteiger partial charge in [0.1, 0.15) is 4.32 Å². The summed E-state index contributed by atoms with van der Waals surface area (Å²) in [5, 5.41) is 11.3. The number of anilines is 1. The van der Waals surface area contributed by atoms with Gasteiger partial charge in [0.15, 0.2) is 0 Å². The van der Waals surface area contributed by atoms with Crippen molar-refractivity contribution < 1.29 is 19.5 Å². The first-order valence-electron chi connectivity index (χ1n) is 8.19. The number of hydrogen-bond acceptors (Lipinski definition) is 6. The van der Waals surface area contributed by atoms with E-state index < -0.39 is 5.97 Å². The van der Waals surface area contributed by atoms with E-state index in [9.17, 15) is 19.5 Å². The Morgan fingerprint density at radius 1 is 1.14 bits per heavy atom. The molecule has 1 heterocycles. The zero-order chi connectivity index (χ0) is 20.4. The zero-order valence-corrected chi connectivity index (χ0v) is 16.7. The van der Waals surface area contributed by atoms with Crippen LogP contribution in [0.2, 0.25) is 0 Å². The van der Waals surface area contributed by atoms with Gasteiger partial charge in [-0.15, -0.1) is 0 Å². The van der Waals surface area contributed by atoms with E-state index in [1.54, 1.807) is 55.6 Å². The smallest absolute Gasteiger partial charge is 0.265 e. The second kappa shape index (κ2) is 7.95. The van der Waals surface area contributed by atoms with E-state index in [1.807, 2.05) is 0 Å². The highest BCUT2D eigenvalue weighted by Gasteiger charge is 2.28. The van der Waals surface area contributed by atoms with Crippen molar-refractivity contribution in [3.05, 3.63) is 70.1 Å². The molecule has 1 aliphatic rings. The number of aromatic carboxylic acids is 1. The van der Waals surface area contributed by atoms with E-state index in [-0.39, 0.29) is 23.1 Å². The van der Waals surface area contributed by atoms with Crippen molar-refractivity contribution in [2.45, 2.75) is 0 Å². The van der Waals surface area contributed by atoms with Crippen LogP contribution in [0.4, 0.5) is 5.69 Å². The van der Waals surface area contributed by atoms with Crippen molar-refractivity contribution in [3.63, 3.8) is 0 Å². The van der Waals surface area contributed by atoms with Gasteiger partial charge in [0.2, 0.25) is 0 Å². The average Bonchev–Trinajstić information content (AvgIpc) is 2.94. The predicted octanol–water partition coefficient (Wildman–Crippen LogP) is 2.16. The van der Waals surface area contributed by atoms with Crippen LogP contribution < -0.4 is 10.0 Å². The maximum absolute atomic E-state index is 12.7. The van der Waals surface area contributed by atoms with Crippen molar-refractivity contribution in [3.8, 4) is 0 Å². The Bertz CT molecular complexity index is 1020. The fourth-order valence-electron chi connectivity index (χ4n) is 2.66. The molecule has 2 aromatic carbocycles. The molecule has 0 N–H and O–H groups in total. The van der Waals surface area contributed by atoms with Gasteiger partial charge in [-0.3, -0.25) is 14.5 Å². The lowest BCUT2D eigenvalue weighted by molar-refractivity contribution is -0.254. The Morgan fingerprint density at radius 2 is 1.79 bits per heavy atom.